The van der Waals surface area contributed by atoms with Crippen molar-refractivity contribution in [1.29, 1.82) is 0 Å². The van der Waals surface area contributed by atoms with Crippen LogP contribution < -0.4 is 15.5 Å². The second-order valence-electron chi connectivity index (χ2n) is 19.3. The predicted octanol–water partition coefficient (Wildman–Crippen LogP) is 7.25. The first-order chi connectivity index (χ1) is 34.3. The summed E-state index contributed by atoms with van der Waals surface area (Å²) < 4.78 is 11.6. The number of carbonyl (C=O) groups excluding carboxylic acids is 5. The average Bonchev–Trinajstić information content (AvgIpc) is 3.72. The Balaban J connectivity index is 1.33. The van der Waals surface area contributed by atoms with E-state index in [2.05, 4.69) is 22.5 Å². The molecule has 366 valence electrons. The smallest absolute Gasteiger partial charge is 0.329 e. The summed E-state index contributed by atoms with van der Waals surface area (Å²) in [5.74, 6) is 0.812. The van der Waals surface area contributed by atoms with Gasteiger partial charge in [0.1, 0.15) is 35.0 Å². The van der Waals surface area contributed by atoms with Crippen LogP contribution in [0.5, 0.6) is 5.75 Å². The first-order valence-corrected chi connectivity index (χ1v) is 24.3. The van der Waals surface area contributed by atoms with Crippen molar-refractivity contribution in [1.82, 2.24) is 15.5 Å². The number of carbonyl (C=O) groups is 5. The summed E-state index contributed by atoms with van der Waals surface area (Å²) in [6, 6.07) is 32.4. The first kappa shape index (κ1) is 48.7. The van der Waals surface area contributed by atoms with Gasteiger partial charge in [0.05, 0.1) is 36.9 Å². The fourth-order valence-corrected chi connectivity index (χ4v) is 11.2. The number of amides is 4. The van der Waals surface area contributed by atoms with Crippen LogP contribution in [0.25, 0.3) is 0 Å². The standard InChI is InChI=1S/C57H58N4O10/c1-35(2)46(52(65)70-3)59-55(68)60-43-28-23-36(29-32-56(69)30-15-4-5-16-31-56)33-42(43)57(54(60)67)45(51(64)58-34-44(63)37-17-9-6-10-18-37)48-53(66)71-49(39-21-13-8-14-22-39)47(38-19-11-7-12-20-38)61(48)50(57)40-24-26-41(62)27-25-40/h6-14,17-28,33,35,44-50,62-63,69H,4-5,15-16,30-31,34H2,1-3H3,(H,58,64)(H,59,68)/t44-,45+,46-,47+,48+,49-,50-,57+/m0/s1. The number of nitrogens with one attached hydrogen (secondary N) is 2. The second kappa shape index (κ2) is 20.2. The number of methoxy groups -OCH3 is 1. The van der Waals surface area contributed by atoms with E-state index in [1.165, 1.54) is 19.2 Å². The molecule has 4 amide bonds. The van der Waals surface area contributed by atoms with E-state index in [9.17, 15) is 20.1 Å². The summed E-state index contributed by atoms with van der Waals surface area (Å²) in [6.45, 7) is 3.12. The molecule has 14 heteroatoms. The number of aliphatic hydroxyl groups excluding tert-OH is 1. The Labute approximate surface area is 413 Å². The van der Waals surface area contributed by atoms with Crippen LogP contribution >= 0.6 is 0 Å². The number of phenolic OH excluding ortho intramolecular Hbond substituents is 1. The van der Waals surface area contributed by atoms with Crippen molar-refractivity contribution in [2.24, 2.45) is 11.8 Å². The fraction of sp³-hybridized carbons (Fsp3) is 0.351. The molecule has 5 aromatic rings. The van der Waals surface area contributed by atoms with Crippen LogP contribution in [0.1, 0.15) is 110 Å². The molecule has 3 heterocycles. The van der Waals surface area contributed by atoms with E-state index >= 15 is 19.2 Å². The quantitative estimate of drug-likeness (QED) is 0.0538. The Morgan fingerprint density at radius 1 is 0.803 bits per heavy atom. The van der Waals surface area contributed by atoms with Gasteiger partial charge in [0.15, 0.2) is 0 Å². The van der Waals surface area contributed by atoms with Crippen LogP contribution in [-0.2, 0) is 34.1 Å². The minimum Gasteiger partial charge on any atom is -0.508 e. The van der Waals surface area contributed by atoms with Crippen molar-refractivity contribution in [2.45, 2.75) is 99.8 Å². The monoisotopic (exact) mass is 958 g/mol. The van der Waals surface area contributed by atoms with Gasteiger partial charge in [-0.2, -0.15) is 0 Å². The van der Waals surface area contributed by atoms with Gasteiger partial charge in [-0.25, -0.2) is 14.5 Å². The lowest BCUT2D eigenvalue weighted by molar-refractivity contribution is -0.178. The number of esters is 2. The molecule has 0 unspecified atom stereocenters. The third-order valence-electron chi connectivity index (χ3n) is 14.6. The number of rotatable bonds is 10. The molecule has 3 aliphatic heterocycles. The van der Waals surface area contributed by atoms with E-state index in [0.717, 1.165) is 30.6 Å². The maximum atomic E-state index is 16.6. The average molecular weight is 959 g/mol. The third kappa shape index (κ3) is 9.05. The molecule has 0 radical (unpaired) electrons. The number of nitrogens with zero attached hydrogens (tertiary/aromatic N) is 2. The highest BCUT2D eigenvalue weighted by Crippen LogP contribution is 2.66. The summed E-state index contributed by atoms with van der Waals surface area (Å²) in [5.41, 5.74) is -0.621. The highest BCUT2D eigenvalue weighted by molar-refractivity contribution is 6.25. The molecule has 8 atom stereocenters. The molecule has 9 rings (SSSR count). The topological polar surface area (TPSA) is 195 Å². The number of aromatic hydroxyl groups is 1. The maximum absolute atomic E-state index is 16.6. The molecule has 1 aliphatic carbocycles. The number of imide groups is 1. The van der Waals surface area contributed by atoms with Crippen molar-refractivity contribution in [3.63, 3.8) is 0 Å². The number of aliphatic hydroxyl groups is 2. The lowest BCUT2D eigenvalue weighted by atomic mass is 9.65. The number of phenols is 1. The number of hydrogen-bond donors (Lipinski definition) is 5. The number of hydrogen-bond acceptors (Lipinski definition) is 11. The Bertz CT molecular complexity index is 2840. The highest BCUT2D eigenvalue weighted by atomic mass is 16.6. The van der Waals surface area contributed by atoms with E-state index in [1.54, 1.807) is 74.5 Å². The van der Waals surface area contributed by atoms with Gasteiger partial charge >= 0.3 is 18.0 Å². The largest absolute Gasteiger partial charge is 0.508 e. The number of fused-ring (bicyclic) bond motifs is 3. The molecular formula is C57H58N4O10. The lowest BCUT2D eigenvalue weighted by Gasteiger charge is -2.46. The molecule has 2 saturated heterocycles. The van der Waals surface area contributed by atoms with Gasteiger partial charge in [0.2, 0.25) is 11.8 Å². The van der Waals surface area contributed by atoms with Gasteiger partial charge in [0.25, 0.3) is 0 Å². The summed E-state index contributed by atoms with van der Waals surface area (Å²) in [7, 11) is 1.20. The molecule has 4 aliphatic rings. The second-order valence-corrected chi connectivity index (χ2v) is 19.3. The molecule has 0 aromatic heterocycles. The van der Waals surface area contributed by atoms with Gasteiger partial charge < -0.3 is 35.4 Å². The van der Waals surface area contributed by atoms with Crippen molar-refractivity contribution in [3.05, 3.63) is 167 Å². The van der Waals surface area contributed by atoms with Gasteiger partial charge in [-0.15, -0.1) is 0 Å². The Kier molecular flexibility index (Phi) is 13.9. The van der Waals surface area contributed by atoms with Crippen molar-refractivity contribution < 1.29 is 48.8 Å². The number of morpholine rings is 1. The molecule has 3 fully saturated rings. The minimum atomic E-state index is -2.19. The van der Waals surface area contributed by atoms with Crippen molar-refractivity contribution in [3.8, 4) is 17.6 Å². The third-order valence-corrected chi connectivity index (χ3v) is 14.6. The predicted molar refractivity (Wildman–Crippen MR) is 263 cm³/mol. The first-order valence-electron chi connectivity index (χ1n) is 24.3. The number of benzene rings is 5. The minimum absolute atomic E-state index is 0.0635. The number of cyclic esters (lactones) is 1. The zero-order chi connectivity index (χ0) is 50.0. The lowest BCUT2D eigenvalue weighted by Crippen LogP contribution is -2.58. The van der Waals surface area contributed by atoms with Crippen LogP contribution in [-0.4, -0.2) is 81.3 Å². The zero-order valence-corrected chi connectivity index (χ0v) is 39.9. The van der Waals surface area contributed by atoms with E-state index in [1.807, 2.05) is 65.6 Å². The number of ether oxygens (including phenoxy) is 2. The fourth-order valence-electron chi connectivity index (χ4n) is 11.2. The van der Waals surface area contributed by atoms with Gasteiger partial charge in [-0.05, 0) is 89.8 Å². The summed E-state index contributed by atoms with van der Waals surface area (Å²) >= 11 is 0. The summed E-state index contributed by atoms with van der Waals surface area (Å²) in [6.07, 6.45) is 2.30. The van der Waals surface area contributed by atoms with Gasteiger partial charge in [0, 0.05) is 12.1 Å². The molecule has 1 saturated carbocycles. The Morgan fingerprint density at radius 3 is 2.04 bits per heavy atom. The van der Waals surface area contributed by atoms with Crippen LogP contribution in [0.4, 0.5) is 10.5 Å². The van der Waals surface area contributed by atoms with Crippen LogP contribution in [0, 0.1) is 23.7 Å². The molecular weight excluding hydrogens is 901 g/mol. The number of anilines is 1. The zero-order valence-electron chi connectivity index (χ0n) is 39.9. The van der Waals surface area contributed by atoms with E-state index in [-0.39, 0.29) is 23.5 Å². The Morgan fingerprint density at radius 2 is 1.42 bits per heavy atom. The molecule has 5 N–H and O–H groups in total. The molecule has 71 heavy (non-hydrogen) atoms. The van der Waals surface area contributed by atoms with E-state index in [0.29, 0.717) is 40.7 Å². The molecule has 0 bridgehead atoms. The van der Waals surface area contributed by atoms with E-state index < -0.39 is 89.0 Å². The molecule has 1 spiro atoms. The normalized spacial score (nSPS) is 24.4. The van der Waals surface area contributed by atoms with Gasteiger partial charge in [-0.1, -0.05) is 142 Å². The van der Waals surface area contributed by atoms with Crippen LogP contribution in [0.15, 0.2) is 133 Å². The summed E-state index contributed by atoms with van der Waals surface area (Å²) in [5, 5.41) is 39.6. The Hall–Kier alpha value is -7.31. The SMILES string of the molecule is COC(=O)[C@@H](NC(=O)N1C(=O)[C@@]2(c3cc(C#CC4(O)CCCCCC4)ccc31)[C@H](c1ccc(O)cc1)N1[C@H](c3ccccc3)[C@H](c3ccccc3)OC(=O)[C@H]1[C@@H]2C(=O)NC[C@H](O)c1ccccc1)C(C)C. The number of urea groups is 1. The van der Waals surface area contributed by atoms with E-state index in [4.69, 9.17) is 9.47 Å². The van der Waals surface area contributed by atoms with Crippen LogP contribution in [0.3, 0.4) is 0 Å². The molecule has 14 nitrogen and oxygen atoms in total. The van der Waals surface area contributed by atoms with Crippen LogP contribution in [0.2, 0.25) is 0 Å². The van der Waals surface area contributed by atoms with Crippen molar-refractivity contribution in [2.75, 3.05) is 18.6 Å². The van der Waals surface area contributed by atoms with Gasteiger partial charge in [-0.3, -0.25) is 19.3 Å². The summed E-state index contributed by atoms with van der Waals surface area (Å²) in [4.78, 5) is 78.9. The highest BCUT2D eigenvalue weighted by Gasteiger charge is 2.75. The van der Waals surface area contributed by atoms with Crippen molar-refractivity contribution >= 4 is 35.5 Å². The molecule has 5 aromatic carbocycles. The maximum Gasteiger partial charge on any atom is 0.329 e.